The van der Waals surface area contributed by atoms with Crippen LogP contribution >= 0.6 is 0 Å². The smallest absolute Gasteiger partial charge is 0.123 e. The van der Waals surface area contributed by atoms with Gasteiger partial charge in [0, 0.05) is 34.2 Å². The van der Waals surface area contributed by atoms with E-state index in [1.54, 1.807) is 12.1 Å². The van der Waals surface area contributed by atoms with Crippen molar-refractivity contribution in [2.45, 2.75) is 6.92 Å². The number of halogens is 1. The molecule has 3 heterocycles. The number of nitrogens with one attached hydrogen (secondary N) is 2. The van der Waals surface area contributed by atoms with Crippen LogP contribution in [0.5, 0.6) is 0 Å². The summed E-state index contributed by atoms with van der Waals surface area (Å²) in [5, 5.41) is 9.80. The highest BCUT2D eigenvalue weighted by Gasteiger charge is 2.14. The third-order valence-corrected chi connectivity index (χ3v) is 5.83. The summed E-state index contributed by atoms with van der Waals surface area (Å²) in [7, 11) is 0. The van der Waals surface area contributed by atoms with Crippen molar-refractivity contribution in [3.8, 4) is 33.6 Å². The summed E-state index contributed by atoms with van der Waals surface area (Å²) in [5.41, 5.74) is 8.83. The van der Waals surface area contributed by atoms with E-state index in [0.717, 1.165) is 61.0 Å². The molecule has 0 aliphatic carbocycles. The van der Waals surface area contributed by atoms with Crippen molar-refractivity contribution >= 4 is 21.8 Å². The Morgan fingerprint density at radius 2 is 1.66 bits per heavy atom. The summed E-state index contributed by atoms with van der Waals surface area (Å²) in [4.78, 5) is 7.82. The van der Waals surface area contributed by atoms with E-state index >= 15 is 0 Å². The lowest BCUT2D eigenvalue weighted by atomic mass is 10.0. The zero-order valence-electron chi connectivity index (χ0n) is 17.4. The molecule has 0 saturated carbocycles. The van der Waals surface area contributed by atoms with Gasteiger partial charge in [-0.05, 0) is 71.6 Å². The SMILES string of the molecule is Cc1cncc(-c2ccc3[nH]nc(-c4cc5c(-c6cccc(F)c6)cccc5[nH]4)c3c2)c1. The molecule has 0 bridgehead atoms. The number of fused-ring (bicyclic) bond motifs is 2. The highest BCUT2D eigenvalue weighted by molar-refractivity contribution is 6.01. The molecule has 0 radical (unpaired) electrons. The van der Waals surface area contributed by atoms with E-state index in [0.29, 0.717) is 0 Å². The van der Waals surface area contributed by atoms with Crippen molar-refractivity contribution in [3.63, 3.8) is 0 Å². The standard InChI is InChI=1S/C27H19FN4/c1-16-10-19(15-29-14-16)17-8-9-25-23(12-17)27(32-31-25)26-13-22-21(6-3-7-24(22)30-26)18-4-2-5-20(28)11-18/h2-15,30H,1H3,(H,31,32). The van der Waals surface area contributed by atoms with Crippen molar-refractivity contribution in [2.24, 2.45) is 0 Å². The summed E-state index contributed by atoms with van der Waals surface area (Å²) in [6.07, 6.45) is 3.73. The molecule has 0 aliphatic rings. The molecular formula is C27H19FN4. The maximum atomic E-state index is 13.8. The summed E-state index contributed by atoms with van der Waals surface area (Å²) in [6.45, 7) is 2.04. The van der Waals surface area contributed by atoms with Gasteiger partial charge in [-0.15, -0.1) is 0 Å². The molecule has 32 heavy (non-hydrogen) atoms. The number of H-pyrrole nitrogens is 2. The van der Waals surface area contributed by atoms with Gasteiger partial charge in [-0.25, -0.2) is 4.39 Å². The minimum atomic E-state index is -0.244. The van der Waals surface area contributed by atoms with Gasteiger partial charge < -0.3 is 4.98 Å². The second-order valence-corrected chi connectivity index (χ2v) is 8.04. The first-order chi connectivity index (χ1) is 15.7. The van der Waals surface area contributed by atoms with E-state index in [2.05, 4.69) is 44.4 Å². The molecule has 5 heteroatoms. The summed E-state index contributed by atoms with van der Waals surface area (Å²) in [5.74, 6) is -0.244. The molecule has 3 aromatic heterocycles. The fraction of sp³-hybridized carbons (Fsp3) is 0.0370. The quantitative estimate of drug-likeness (QED) is 0.329. The number of aryl methyl sites for hydroxylation is 1. The van der Waals surface area contributed by atoms with Crippen molar-refractivity contribution in [1.82, 2.24) is 20.2 Å². The zero-order valence-corrected chi connectivity index (χ0v) is 17.4. The Balaban J connectivity index is 1.51. The monoisotopic (exact) mass is 418 g/mol. The predicted molar refractivity (Wildman–Crippen MR) is 127 cm³/mol. The van der Waals surface area contributed by atoms with Gasteiger partial charge in [-0.1, -0.05) is 30.3 Å². The largest absolute Gasteiger partial charge is 0.353 e. The first kappa shape index (κ1) is 18.5. The summed E-state index contributed by atoms with van der Waals surface area (Å²) in [6, 6.07) is 23.2. The molecule has 154 valence electrons. The van der Waals surface area contributed by atoms with Crippen LogP contribution in [0.25, 0.3) is 55.4 Å². The summed E-state index contributed by atoms with van der Waals surface area (Å²) < 4.78 is 13.8. The lowest BCUT2D eigenvalue weighted by Crippen LogP contribution is -1.83. The van der Waals surface area contributed by atoms with Gasteiger partial charge in [0.1, 0.15) is 11.5 Å². The third-order valence-electron chi connectivity index (χ3n) is 5.83. The van der Waals surface area contributed by atoms with Crippen LogP contribution in [0.15, 0.2) is 85.2 Å². The average Bonchev–Trinajstić information content (AvgIpc) is 3.42. The first-order valence-corrected chi connectivity index (χ1v) is 10.4. The fourth-order valence-electron chi connectivity index (χ4n) is 4.30. The number of pyridine rings is 1. The number of nitrogens with zero attached hydrogens (tertiary/aromatic N) is 2. The van der Waals surface area contributed by atoms with E-state index in [1.165, 1.54) is 6.07 Å². The Hall–Kier alpha value is -4.25. The van der Waals surface area contributed by atoms with Gasteiger partial charge in [0.15, 0.2) is 0 Å². The van der Waals surface area contributed by atoms with E-state index in [4.69, 9.17) is 0 Å². The van der Waals surface area contributed by atoms with Crippen molar-refractivity contribution < 1.29 is 4.39 Å². The molecule has 3 aromatic carbocycles. The Labute approximate surface area is 183 Å². The molecule has 0 fully saturated rings. The number of aromatic amines is 2. The van der Waals surface area contributed by atoms with E-state index in [1.807, 2.05) is 49.6 Å². The highest BCUT2D eigenvalue weighted by Crippen LogP contribution is 2.35. The molecule has 0 atom stereocenters. The van der Waals surface area contributed by atoms with E-state index < -0.39 is 0 Å². The van der Waals surface area contributed by atoms with Crippen LogP contribution in [0.3, 0.4) is 0 Å². The number of benzene rings is 3. The molecule has 0 spiro atoms. The summed E-state index contributed by atoms with van der Waals surface area (Å²) >= 11 is 0. The lowest BCUT2D eigenvalue weighted by Gasteiger charge is -2.03. The van der Waals surface area contributed by atoms with Crippen LogP contribution < -0.4 is 0 Å². The van der Waals surface area contributed by atoms with Gasteiger partial charge in [0.05, 0.1) is 11.2 Å². The van der Waals surface area contributed by atoms with Crippen LogP contribution in [0.2, 0.25) is 0 Å². The van der Waals surface area contributed by atoms with Crippen LogP contribution in [-0.2, 0) is 0 Å². The predicted octanol–water partition coefficient (Wildman–Crippen LogP) is 6.89. The van der Waals surface area contributed by atoms with Crippen molar-refractivity contribution in [2.75, 3.05) is 0 Å². The Morgan fingerprint density at radius 1 is 0.750 bits per heavy atom. The maximum Gasteiger partial charge on any atom is 0.123 e. The average molecular weight is 418 g/mol. The zero-order chi connectivity index (χ0) is 21.7. The molecule has 0 aliphatic heterocycles. The molecular weight excluding hydrogens is 399 g/mol. The minimum Gasteiger partial charge on any atom is -0.353 e. The fourth-order valence-corrected chi connectivity index (χ4v) is 4.30. The molecule has 4 nitrogen and oxygen atoms in total. The van der Waals surface area contributed by atoms with Gasteiger partial charge in [-0.2, -0.15) is 5.10 Å². The van der Waals surface area contributed by atoms with E-state index in [-0.39, 0.29) is 5.82 Å². The van der Waals surface area contributed by atoms with Crippen molar-refractivity contribution in [1.29, 1.82) is 0 Å². The normalized spacial score (nSPS) is 11.4. The van der Waals surface area contributed by atoms with Gasteiger partial charge in [-0.3, -0.25) is 10.1 Å². The number of rotatable bonds is 3. The molecule has 0 unspecified atom stereocenters. The highest BCUT2D eigenvalue weighted by atomic mass is 19.1. The molecule has 0 amide bonds. The van der Waals surface area contributed by atoms with Crippen LogP contribution in [-0.4, -0.2) is 20.2 Å². The number of aromatic nitrogens is 4. The third kappa shape index (κ3) is 3.06. The molecule has 2 N–H and O–H groups in total. The van der Waals surface area contributed by atoms with Crippen LogP contribution in [0.1, 0.15) is 5.56 Å². The second kappa shape index (κ2) is 7.17. The first-order valence-electron chi connectivity index (χ1n) is 10.4. The van der Waals surface area contributed by atoms with E-state index in [9.17, 15) is 4.39 Å². The van der Waals surface area contributed by atoms with Gasteiger partial charge in [0.2, 0.25) is 0 Å². The molecule has 6 rings (SSSR count). The van der Waals surface area contributed by atoms with Gasteiger partial charge in [0.25, 0.3) is 0 Å². The van der Waals surface area contributed by atoms with Gasteiger partial charge >= 0.3 is 0 Å². The maximum absolute atomic E-state index is 13.8. The topological polar surface area (TPSA) is 57.4 Å². The number of hydrogen-bond donors (Lipinski definition) is 2. The number of hydrogen-bond acceptors (Lipinski definition) is 2. The Kier molecular flexibility index (Phi) is 4.15. The Morgan fingerprint density at radius 3 is 2.53 bits per heavy atom. The molecule has 0 saturated heterocycles. The minimum absolute atomic E-state index is 0.244. The van der Waals surface area contributed by atoms with Crippen LogP contribution in [0, 0.1) is 12.7 Å². The molecule has 6 aromatic rings. The Bertz CT molecular complexity index is 1610. The second-order valence-electron chi connectivity index (χ2n) is 8.04. The van der Waals surface area contributed by atoms with Crippen LogP contribution in [0.4, 0.5) is 4.39 Å². The lowest BCUT2D eigenvalue weighted by molar-refractivity contribution is 0.628. The van der Waals surface area contributed by atoms with Crippen molar-refractivity contribution in [3.05, 3.63) is 96.6 Å².